The van der Waals surface area contributed by atoms with Crippen molar-refractivity contribution in [3.63, 3.8) is 0 Å². The van der Waals surface area contributed by atoms with Crippen molar-refractivity contribution < 1.29 is 14.0 Å². The third-order valence-corrected chi connectivity index (χ3v) is 7.23. The first-order chi connectivity index (χ1) is 19.1. The number of hydrogen-bond donors (Lipinski definition) is 0. The van der Waals surface area contributed by atoms with Crippen LogP contribution >= 0.6 is 23.2 Å². The number of carbonyl (C=O) groups excluding carboxylic acids is 2. The Morgan fingerprint density at radius 1 is 0.925 bits per heavy atom. The zero-order valence-corrected chi connectivity index (χ0v) is 24.3. The summed E-state index contributed by atoms with van der Waals surface area (Å²) in [7, 11) is 0. The van der Waals surface area contributed by atoms with Gasteiger partial charge in [0.15, 0.2) is 5.43 Å². The van der Waals surface area contributed by atoms with Gasteiger partial charge in [0.2, 0.25) is 5.91 Å². The third-order valence-electron chi connectivity index (χ3n) is 6.68. The fraction of sp³-hybridized carbons (Fsp3) is 0.281. The molecule has 4 rings (SSSR count). The van der Waals surface area contributed by atoms with E-state index < -0.39 is 0 Å². The molecule has 0 atom stereocenters. The lowest BCUT2D eigenvalue weighted by Gasteiger charge is -2.28. The maximum absolute atomic E-state index is 13.9. The maximum Gasteiger partial charge on any atom is 0.255 e. The summed E-state index contributed by atoms with van der Waals surface area (Å²) in [6, 6.07) is 19.7. The Morgan fingerprint density at radius 3 is 2.38 bits per heavy atom. The van der Waals surface area contributed by atoms with Crippen LogP contribution in [-0.2, 0) is 17.9 Å². The molecular weight excluding hydrogens is 547 g/mol. The monoisotopic (exact) mass is 578 g/mol. The molecule has 0 saturated carbocycles. The van der Waals surface area contributed by atoms with Gasteiger partial charge in [0.25, 0.3) is 5.91 Å². The van der Waals surface area contributed by atoms with E-state index in [-0.39, 0.29) is 47.5 Å². The number of benzene rings is 3. The van der Waals surface area contributed by atoms with Gasteiger partial charge in [0.1, 0.15) is 12.1 Å². The standard InChI is InChI=1S/C32H32Cl2N2O4/c1-21(2)13-14-35(32(39)26-11-10-25(33)16-28(26)34)19-30(37)36(17-23-7-5-4-6-8-23)18-24-20-40-29-12-9-22(3)15-27(29)31(24)38/h4-12,15-16,20-21H,13-14,17-19H2,1-3H3. The van der Waals surface area contributed by atoms with Crippen molar-refractivity contribution in [3.8, 4) is 0 Å². The minimum Gasteiger partial charge on any atom is -0.464 e. The van der Waals surface area contributed by atoms with Crippen LogP contribution in [0.15, 0.2) is 82.2 Å². The lowest BCUT2D eigenvalue weighted by Crippen LogP contribution is -2.43. The number of carbonyl (C=O) groups is 2. The molecule has 6 nitrogen and oxygen atoms in total. The van der Waals surface area contributed by atoms with E-state index in [9.17, 15) is 14.4 Å². The predicted octanol–water partition coefficient (Wildman–Crippen LogP) is 7.13. The zero-order chi connectivity index (χ0) is 28.8. The van der Waals surface area contributed by atoms with E-state index in [1.807, 2.05) is 43.3 Å². The lowest BCUT2D eigenvalue weighted by atomic mass is 10.1. The number of fused-ring (bicyclic) bond motifs is 1. The van der Waals surface area contributed by atoms with Gasteiger partial charge in [-0.1, -0.05) is 79.0 Å². The van der Waals surface area contributed by atoms with Crippen molar-refractivity contribution in [1.29, 1.82) is 0 Å². The van der Waals surface area contributed by atoms with Crippen LogP contribution in [-0.4, -0.2) is 34.7 Å². The molecule has 1 heterocycles. The SMILES string of the molecule is Cc1ccc2occ(CN(Cc3ccccc3)C(=O)CN(CCC(C)C)C(=O)c3ccc(Cl)cc3Cl)c(=O)c2c1. The van der Waals surface area contributed by atoms with Crippen molar-refractivity contribution in [2.24, 2.45) is 5.92 Å². The Balaban J connectivity index is 1.65. The molecular formula is C32H32Cl2N2O4. The Morgan fingerprint density at radius 2 is 1.68 bits per heavy atom. The van der Waals surface area contributed by atoms with Crippen LogP contribution < -0.4 is 5.43 Å². The first-order valence-electron chi connectivity index (χ1n) is 13.2. The topological polar surface area (TPSA) is 70.8 Å². The summed E-state index contributed by atoms with van der Waals surface area (Å²) in [5.74, 6) is -0.331. The lowest BCUT2D eigenvalue weighted by molar-refractivity contribution is -0.133. The smallest absolute Gasteiger partial charge is 0.255 e. The first kappa shape index (κ1) is 29.4. The second-order valence-electron chi connectivity index (χ2n) is 10.4. The summed E-state index contributed by atoms with van der Waals surface area (Å²) < 4.78 is 5.75. The van der Waals surface area contributed by atoms with Gasteiger partial charge in [-0.3, -0.25) is 14.4 Å². The van der Waals surface area contributed by atoms with Crippen LogP contribution in [0.1, 0.15) is 47.3 Å². The minimum atomic E-state index is -0.351. The summed E-state index contributed by atoms with van der Waals surface area (Å²) in [5, 5.41) is 1.12. The largest absolute Gasteiger partial charge is 0.464 e. The van der Waals surface area contributed by atoms with E-state index in [4.69, 9.17) is 27.6 Å². The molecule has 0 spiro atoms. The fourth-order valence-corrected chi connectivity index (χ4v) is 4.89. The highest BCUT2D eigenvalue weighted by Gasteiger charge is 2.25. The van der Waals surface area contributed by atoms with Crippen molar-refractivity contribution >= 4 is 46.0 Å². The van der Waals surface area contributed by atoms with Crippen molar-refractivity contribution in [2.75, 3.05) is 13.1 Å². The number of rotatable bonds is 10. The van der Waals surface area contributed by atoms with E-state index >= 15 is 0 Å². The van der Waals surface area contributed by atoms with Crippen LogP contribution in [0.25, 0.3) is 11.0 Å². The van der Waals surface area contributed by atoms with Crippen molar-refractivity contribution in [2.45, 2.75) is 40.3 Å². The van der Waals surface area contributed by atoms with Gasteiger partial charge in [0, 0.05) is 18.1 Å². The zero-order valence-electron chi connectivity index (χ0n) is 22.8. The average molecular weight is 580 g/mol. The average Bonchev–Trinajstić information content (AvgIpc) is 2.92. The molecule has 8 heteroatoms. The van der Waals surface area contributed by atoms with Gasteiger partial charge in [-0.15, -0.1) is 0 Å². The van der Waals surface area contributed by atoms with Crippen LogP contribution in [0.3, 0.4) is 0 Å². The van der Waals surface area contributed by atoms with E-state index in [0.717, 1.165) is 11.1 Å². The highest BCUT2D eigenvalue weighted by atomic mass is 35.5. The highest BCUT2D eigenvalue weighted by Crippen LogP contribution is 2.23. The normalized spacial score (nSPS) is 11.2. The number of amides is 2. The van der Waals surface area contributed by atoms with Crippen LogP contribution in [0.5, 0.6) is 0 Å². The van der Waals surface area contributed by atoms with Gasteiger partial charge in [-0.25, -0.2) is 0 Å². The molecule has 0 bridgehead atoms. The molecule has 0 fully saturated rings. The van der Waals surface area contributed by atoms with E-state index in [1.54, 1.807) is 29.2 Å². The molecule has 208 valence electrons. The molecule has 40 heavy (non-hydrogen) atoms. The summed E-state index contributed by atoms with van der Waals surface area (Å²) in [6.07, 6.45) is 2.12. The molecule has 0 aliphatic rings. The molecule has 3 aromatic carbocycles. The van der Waals surface area contributed by atoms with Crippen LogP contribution in [0, 0.1) is 12.8 Å². The molecule has 0 aliphatic carbocycles. The molecule has 0 saturated heterocycles. The molecule has 0 aliphatic heterocycles. The van der Waals surface area contributed by atoms with E-state index in [2.05, 4.69) is 13.8 Å². The summed E-state index contributed by atoms with van der Waals surface area (Å²) in [5.41, 5.74) is 2.79. The van der Waals surface area contributed by atoms with E-state index in [1.165, 1.54) is 17.2 Å². The van der Waals surface area contributed by atoms with Gasteiger partial charge in [-0.05, 0) is 55.2 Å². The number of aryl methyl sites for hydroxylation is 1. The summed E-state index contributed by atoms with van der Waals surface area (Å²) >= 11 is 12.4. The van der Waals surface area contributed by atoms with Crippen LogP contribution in [0.2, 0.25) is 10.0 Å². The highest BCUT2D eigenvalue weighted by molar-refractivity contribution is 6.36. The Bertz CT molecular complexity index is 1570. The molecule has 2 amide bonds. The minimum absolute atomic E-state index is 0.0356. The maximum atomic E-state index is 13.9. The van der Waals surface area contributed by atoms with Crippen LogP contribution in [0.4, 0.5) is 0 Å². The van der Waals surface area contributed by atoms with Crippen molar-refractivity contribution in [1.82, 2.24) is 9.80 Å². The molecule has 0 radical (unpaired) electrons. The quantitative estimate of drug-likeness (QED) is 0.201. The molecule has 0 N–H and O–H groups in total. The van der Waals surface area contributed by atoms with Gasteiger partial charge >= 0.3 is 0 Å². The number of halogens is 2. The van der Waals surface area contributed by atoms with Gasteiger partial charge in [0.05, 0.1) is 34.3 Å². The first-order valence-corrected chi connectivity index (χ1v) is 13.9. The molecule has 4 aromatic rings. The Labute approximate surface area is 244 Å². The second kappa shape index (κ2) is 13.2. The van der Waals surface area contributed by atoms with E-state index in [0.29, 0.717) is 40.4 Å². The Kier molecular flexibility index (Phi) is 9.67. The van der Waals surface area contributed by atoms with Gasteiger partial charge in [-0.2, -0.15) is 0 Å². The number of nitrogens with zero attached hydrogens (tertiary/aromatic N) is 2. The second-order valence-corrected chi connectivity index (χ2v) is 11.2. The van der Waals surface area contributed by atoms with Crippen molar-refractivity contribution in [3.05, 3.63) is 116 Å². The molecule has 1 aromatic heterocycles. The summed E-state index contributed by atoms with van der Waals surface area (Å²) in [4.78, 5) is 43.9. The number of hydrogen-bond acceptors (Lipinski definition) is 4. The predicted molar refractivity (Wildman–Crippen MR) is 160 cm³/mol. The fourth-order valence-electron chi connectivity index (χ4n) is 4.40. The Hall–Kier alpha value is -3.61. The van der Waals surface area contributed by atoms with Gasteiger partial charge < -0.3 is 14.2 Å². The third kappa shape index (κ3) is 7.32. The summed E-state index contributed by atoms with van der Waals surface area (Å²) in [6.45, 7) is 6.52. The molecule has 0 unspecified atom stereocenters.